The zero-order valence-electron chi connectivity index (χ0n) is 19.1. The van der Waals surface area contributed by atoms with E-state index in [1.54, 1.807) is 11.1 Å². The van der Waals surface area contributed by atoms with Gasteiger partial charge in [-0.15, -0.1) is 24.8 Å². The molecule has 2 saturated heterocycles. The molecule has 1 atom stereocenters. The van der Waals surface area contributed by atoms with Crippen LogP contribution in [-0.2, 0) is 17.6 Å². The van der Waals surface area contributed by atoms with Crippen LogP contribution in [0.4, 0.5) is 0 Å². The van der Waals surface area contributed by atoms with Gasteiger partial charge in [-0.2, -0.15) is 0 Å². The lowest BCUT2D eigenvalue weighted by atomic mass is 9.92. The average molecular weight is 472 g/mol. The van der Waals surface area contributed by atoms with E-state index in [0.29, 0.717) is 18.0 Å². The molecule has 1 amide bonds. The van der Waals surface area contributed by atoms with Crippen molar-refractivity contribution in [3.05, 3.63) is 35.4 Å². The predicted molar refractivity (Wildman–Crippen MR) is 133 cm³/mol. The Bertz CT molecular complexity index is 671. The lowest BCUT2D eigenvalue weighted by molar-refractivity contribution is -0.136. The molecule has 2 fully saturated rings. The number of hydrogen-bond acceptors (Lipinski definition) is 4. The minimum Gasteiger partial charge on any atom is -0.344 e. The lowest BCUT2D eigenvalue weighted by Crippen LogP contribution is -2.52. The molecule has 176 valence electrons. The standard InChI is InChI=1S/C24H38N4O.2ClH/c1-25-11-15-26(2)24(29)21-8-5-12-28(18-21)22-9-13-27(14-10-22)23-16-19-6-3-4-7-20(19)17-23;;/h3-4,6-7,21-23,25H,5,8-18H2,1-2H3;2*1H. The predicted octanol–water partition coefficient (Wildman–Crippen LogP) is 2.85. The molecule has 2 heterocycles. The number of fused-ring (bicyclic) bond motifs is 1. The van der Waals surface area contributed by atoms with Crippen LogP contribution in [0.1, 0.15) is 36.8 Å². The molecule has 31 heavy (non-hydrogen) atoms. The number of likely N-dealkylation sites (N-methyl/N-ethyl adjacent to an activating group) is 2. The van der Waals surface area contributed by atoms with E-state index in [1.807, 2.05) is 19.0 Å². The first-order valence-corrected chi connectivity index (χ1v) is 11.6. The fourth-order valence-electron chi connectivity index (χ4n) is 5.65. The van der Waals surface area contributed by atoms with Gasteiger partial charge >= 0.3 is 0 Å². The summed E-state index contributed by atoms with van der Waals surface area (Å²) in [5.74, 6) is 0.527. The first kappa shape index (κ1) is 26.4. The summed E-state index contributed by atoms with van der Waals surface area (Å²) in [6.07, 6.45) is 7.17. The summed E-state index contributed by atoms with van der Waals surface area (Å²) in [7, 11) is 3.90. The summed E-state index contributed by atoms with van der Waals surface area (Å²) in [6.45, 7) is 6.21. The first-order valence-electron chi connectivity index (χ1n) is 11.6. The van der Waals surface area contributed by atoms with Crippen molar-refractivity contribution in [2.75, 3.05) is 53.4 Å². The van der Waals surface area contributed by atoms with Gasteiger partial charge in [-0.05, 0) is 76.3 Å². The third-order valence-electron chi connectivity index (χ3n) is 7.44. The Morgan fingerprint density at radius 1 is 1.00 bits per heavy atom. The number of piperidine rings is 2. The van der Waals surface area contributed by atoms with Crippen LogP contribution >= 0.6 is 24.8 Å². The molecule has 0 spiro atoms. The third kappa shape index (κ3) is 6.35. The number of halogens is 2. The Labute approximate surface area is 200 Å². The third-order valence-corrected chi connectivity index (χ3v) is 7.44. The highest BCUT2D eigenvalue weighted by molar-refractivity contribution is 5.85. The molecule has 5 nitrogen and oxygen atoms in total. The van der Waals surface area contributed by atoms with Gasteiger partial charge in [-0.25, -0.2) is 0 Å². The molecule has 1 aliphatic carbocycles. The highest BCUT2D eigenvalue weighted by Gasteiger charge is 2.35. The molecule has 1 unspecified atom stereocenters. The van der Waals surface area contributed by atoms with Crippen molar-refractivity contribution >= 4 is 30.7 Å². The van der Waals surface area contributed by atoms with Crippen LogP contribution < -0.4 is 5.32 Å². The van der Waals surface area contributed by atoms with Gasteiger partial charge in [0.05, 0.1) is 5.92 Å². The Balaban J connectivity index is 0.00000171. The van der Waals surface area contributed by atoms with Gasteiger partial charge in [0.2, 0.25) is 5.91 Å². The zero-order valence-corrected chi connectivity index (χ0v) is 20.7. The van der Waals surface area contributed by atoms with Crippen LogP contribution in [0.5, 0.6) is 0 Å². The minimum absolute atomic E-state index is 0. The second-order valence-electron chi connectivity index (χ2n) is 9.30. The van der Waals surface area contributed by atoms with E-state index in [-0.39, 0.29) is 30.7 Å². The number of nitrogens with one attached hydrogen (secondary N) is 1. The highest BCUT2D eigenvalue weighted by Crippen LogP contribution is 2.30. The number of amides is 1. The number of likely N-dealkylation sites (tertiary alicyclic amines) is 2. The maximum atomic E-state index is 12.8. The van der Waals surface area contributed by atoms with E-state index < -0.39 is 0 Å². The van der Waals surface area contributed by atoms with Crippen molar-refractivity contribution in [2.45, 2.75) is 50.6 Å². The average Bonchev–Trinajstić information content (AvgIpc) is 3.21. The van der Waals surface area contributed by atoms with Gasteiger partial charge in [-0.3, -0.25) is 14.6 Å². The van der Waals surface area contributed by atoms with Gasteiger partial charge in [-0.1, -0.05) is 24.3 Å². The molecule has 4 rings (SSSR count). The molecule has 1 aromatic rings. The fraction of sp³-hybridized carbons (Fsp3) is 0.708. The molecular weight excluding hydrogens is 431 g/mol. The molecule has 2 aliphatic heterocycles. The molecule has 0 aromatic heterocycles. The molecule has 0 bridgehead atoms. The Morgan fingerprint density at radius 3 is 2.26 bits per heavy atom. The summed E-state index contributed by atoms with van der Waals surface area (Å²) in [5.41, 5.74) is 3.11. The van der Waals surface area contributed by atoms with Crippen LogP contribution in [0.2, 0.25) is 0 Å². The van der Waals surface area contributed by atoms with Crippen molar-refractivity contribution in [1.82, 2.24) is 20.0 Å². The van der Waals surface area contributed by atoms with Gasteiger partial charge in [0.15, 0.2) is 0 Å². The SMILES string of the molecule is CNCCN(C)C(=O)C1CCCN(C2CCN(C3Cc4ccccc4C3)CC2)C1.Cl.Cl. The number of benzene rings is 1. The summed E-state index contributed by atoms with van der Waals surface area (Å²) >= 11 is 0. The quantitative estimate of drug-likeness (QED) is 0.693. The summed E-state index contributed by atoms with van der Waals surface area (Å²) in [6, 6.07) is 10.3. The highest BCUT2D eigenvalue weighted by atomic mass is 35.5. The topological polar surface area (TPSA) is 38.8 Å². The zero-order chi connectivity index (χ0) is 20.2. The van der Waals surface area contributed by atoms with Crippen molar-refractivity contribution in [1.29, 1.82) is 0 Å². The Morgan fingerprint density at radius 2 is 1.65 bits per heavy atom. The molecular formula is C24H40Cl2N4O. The summed E-state index contributed by atoms with van der Waals surface area (Å²) in [5, 5.41) is 3.14. The first-order chi connectivity index (χ1) is 14.2. The van der Waals surface area contributed by atoms with Crippen molar-refractivity contribution in [3.63, 3.8) is 0 Å². The van der Waals surface area contributed by atoms with E-state index in [2.05, 4.69) is 39.4 Å². The maximum absolute atomic E-state index is 12.8. The van der Waals surface area contributed by atoms with E-state index in [1.165, 1.54) is 45.3 Å². The summed E-state index contributed by atoms with van der Waals surface area (Å²) in [4.78, 5) is 20.1. The molecule has 1 aromatic carbocycles. The number of carbonyl (C=O) groups is 1. The molecule has 0 saturated carbocycles. The van der Waals surface area contributed by atoms with E-state index in [9.17, 15) is 4.79 Å². The van der Waals surface area contributed by atoms with Gasteiger partial charge in [0.25, 0.3) is 0 Å². The van der Waals surface area contributed by atoms with E-state index >= 15 is 0 Å². The second kappa shape index (κ2) is 12.4. The van der Waals surface area contributed by atoms with Crippen LogP contribution in [0.25, 0.3) is 0 Å². The van der Waals surface area contributed by atoms with Crippen molar-refractivity contribution in [3.8, 4) is 0 Å². The molecule has 3 aliphatic rings. The number of carbonyl (C=O) groups excluding carboxylic acids is 1. The van der Waals surface area contributed by atoms with Gasteiger partial charge < -0.3 is 10.2 Å². The van der Waals surface area contributed by atoms with Crippen LogP contribution in [-0.4, -0.2) is 86.1 Å². The largest absolute Gasteiger partial charge is 0.344 e. The molecule has 7 heteroatoms. The van der Waals surface area contributed by atoms with E-state index in [0.717, 1.165) is 32.5 Å². The maximum Gasteiger partial charge on any atom is 0.226 e. The van der Waals surface area contributed by atoms with E-state index in [4.69, 9.17) is 0 Å². The van der Waals surface area contributed by atoms with Crippen LogP contribution in [0, 0.1) is 5.92 Å². The minimum atomic E-state index is 0. The summed E-state index contributed by atoms with van der Waals surface area (Å²) < 4.78 is 0. The van der Waals surface area contributed by atoms with Crippen LogP contribution in [0.15, 0.2) is 24.3 Å². The molecule has 1 N–H and O–H groups in total. The fourth-order valence-corrected chi connectivity index (χ4v) is 5.65. The lowest BCUT2D eigenvalue weighted by Gasteiger charge is -2.43. The van der Waals surface area contributed by atoms with Crippen molar-refractivity contribution in [2.24, 2.45) is 5.92 Å². The smallest absolute Gasteiger partial charge is 0.226 e. The number of rotatable bonds is 6. The number of nitrogens with zero attached hydrogens (tertiary/aromatic N) is 3. The number of hydrogen-bond donors (Lipinski definition) is 1. The normalized spacial score (nSPS) is 23.0. The van der Waals surface area contributed by atoms with Crippen molar-refractivity contribution < 1.29 is 4.79 Å². The van der Waals surface area contributed by atoms with Gasteiger partial charge in [0.1, 0.15) is 0 Å². The van der Waals surface area contributed by atoms with Crippen LogP contribution in [0.3, 0.4) is 0 Å². The monoisotopic (exact) mass is 470 g/mol. The Kier molecular flexibility index (Phi) is 10.6. The Hall–Kier alpha value is -0.850. The molecule has 0 radical (unpaired) electrons. The van der Waals surface area contributed by atoms with Gasteiger partial charge in [0, 0.05) is 38.8 Å². The second-order valence-corrected chi connectivity index (χ2v) is 9.30.